The van der Waals surface area contributed by atoms with Gasteiger partial charge in [-0.3, -0.25) is 0 Å². The van der Waals surface area contributed by atoms with E-state index in [9.17, 15) is 0 Å². The van der Waals surface area contributed by atoms with Crippen LogP contribution in [0.4, 0.5) is 0 Å². The van der Waals surface area contributed by atoms with Crippen molar-refractivity contribution in [3.8, 4) is 0 Å². The summed E-state index contributed by atoms with van der Waals surface area (Å²) in [4.78, 5) is 0. The van der Waals surface area contributed by atoms with Gasteiger partial charge in [0.2, 0.25) is 0 Å². The smallest absolute Gasteiger partial charge is 0.0159 e. The van der Waals surface area contributed by atoms with E-state index in [1.54, 1.807) is 56.1 Å². The predicted molar refractivity (Wildman–Crippen MR) is 145 cm³/mol. The van der Waals surface area contributed by atoms with E-state index in [4.69, 9.17) is 0 Å². The van der Waals surface area contributed by atoms with Crippen LogP contribution < -0.4 is 0 Å². The molecule has 33 heavy (non-hydrogen) atoms. The molecule has 0 spiro atoms. The van der Waals surface area contributed by atoms with E-state index in [0.29, 0.717) is 0 Å². The largest absolute Gasteiger partial charge is 0.0654 e. The normalized spacial score (nSPS) is 32.4. The van der Waals surface area contributed by atoms with Crippen molar-refractivity contribution in [1.82, 2.24) is 0 Å². The Morgan fingerprint density at radius 3 is 1.91 bits per heavy atom. The number of rotatable bonds is 11. The lowest BCUT2D eigenvalue weighted by Gasteiger charge is -2.43. The molecule has 186 valence electrons. The van der Waals surface area contributed by atoms with Crippen LogP contribution in [0.25, 0.3) is 0 Å². The lowest BCUT2D eigenvalue weighted by atomic mass is 9.63. The molecule has 3 aliphatic carbocycles. The van der Waals surface area contributed by atoms with E-state index in [0.717, 1.165) is 35.5 Å². The van der Waals surface area contributed by atoms with Crippen LogP contribution in [-0.4, -0.2) is 0 Å². The standard InChI is InChI=1S/C33H54/c1-3-5-7-9-27-10-12-28(13-11-27)14-15-29-18-21-33-25-32(23-22-31(33)24-29)30-19-16-26(17-20-30)8-6-4-2/h16-17,19-20,27-29,31-33H,3-15,18,21-25H2,1-2H3. The Bertz CT molecular complexity index is 649. The summed E-state index contributed by atoms with van der Waals surface area (Å²) < 4.78 is 0. The second kappa shape index (κ2) is 13.3. The molecule has 0 radical (unpaired) electrons. The Balaban J connectivity index is 1.15. The van der Waals surface area contributed by atoms with E-state index < -0.39 is 0 Å². The van der Waals surface area contributed by atoms with Crippen molar-refractivity contribution in [2.45, 2.75) is 142 Å². The molecule has 4 atom stereocenters. The van der Waals surface area contributed by atoms with Gasteiger partial charge in [-0.25, -0.2) is 0 Å². The second-order valence-corrected chi connectivity index (χ2v) is 12.5. The molecule has 4 rings (SSSR count). The highest BCUT2D eigenvalue weighted by molar-refractivity contribution is 5.26. The van der Waals surface area contributed by atoms with Crippen LogP contribution in [0, 0.1) is 29.6 Å². The topological polar surface area (TPSA) is 0 Å². The average Bonchev–Trinajstić information content (AvgIpc) is 2.87. The number of unbranched alkanes of at least 4 members (excludes halogenated alkanes) is 3. The maximum Gasteiger partial charge on any atom is -0.0159 e. The summed E-state index contributed by atoms with van der Waals surface area (Å²) in [6.45, 7) is 4.63. The van der Waals surface area contributed by atoms with Crippen molar-refractivity contribution in [3.05, 3.63) is 35.4 Å². The van der Waals surface area contributed by atoms with Gasteiger partial charge in [0.1, 0.15) is 0 Å². The molecule has 4 unspecified atom stereocenters. The lowest BCUT2D eigenvalue weighted by molar-refractivity contribution is 0.108. The summed E-state index contributed by atoms with van der Waals surface area (Å²) in [5.41, 5.74) is 3.18. The third-order valence-corrected chi connectivity index (χ3v) is 10.2. The molecule has 0 amide bonds. The van der Waals surface area contributed by atoms with Crippen LogP contribution >= 0.6 is 0 Å². The maximum atomic E-state index is 2.47. The fraction of sp³-hybridized carbons (Fsp3) is 0.818. The monoisotopic (exact) mass is 450 g/mol. The highest BCUT2D eigenvalue weighted by Crippen LogP contribution is 2.49. The first-order chi connectivity index (χ1) is 16.2. The van der Waals surface area contributed by atoms with Gasteiger partial charge in [0.25, 0.3) is 0 Å². The number of aryl methyl sites for hydroxylation is 1. The van der Waals surface area contributed by atoms with E-state index in [1.807, 2.05) is 0 Å². The highest BCUT2D eigenvalue weighted by Gasteiger charge is 2.36. The minimum absolute atomic E-state index is 0.843. The fourth-order valence-electron chi connectivity index (χ4n) is 7.85. The van der Waals surface area contributed by atoms with Crippen LogP contribution in [-0.2, 0) is 6.42 Å². The summed E-state index contributed by atoms with van der Waals surface area (Å²) in [6, 6.07) is 9.79. The molecule has 0 N–H and O–H groups in total. The minimum Gasteiger partial charge on any atom is -0.0654 e. The molecule has 0 aliphatic heterocycles. The van der Waals surface area contributed by atoms with Crippen LogP contribution in [0.5, 0.6) is 0 Å². The van der Waals surface area contributed by atoms with Gasteiger partial charge in [-0.15, -0.1) is 0 Å². The SMILES string of the molecule is CCCCCC1CCC(CCC2CCC3CC(c4ccc(CCCC)cc4)CCC3C2)CC1. The molecule has 3 fully saturated rings. The molecule has 3 aliphatic rings. The first-order valence-corrected chi connectivity index (χ1v) is 15.3. The van der Waals surface area contributed by atoms with Gasteiger partial charge in [0, 0.05) is 0 Å². The molecule has 0 heteroatoms. The molecule has 0 bridgehead atoms. The first-order valence-electron chi connectivity index (χ1n) is 15.3. The number of benzene rings is 1. The predicted octanol–water partition coefficient (Wildman–Crippen LogP) is 10.5. The molecule has 0 aromatic heterocycles. The van der Waals surface area contributed by atoms with Gasteiger partial charge in [-0.2, -0.15) is 0 Å². The zero-order chi connectivity index (χ0) is 22.9. The summed E-state index contributed by atoms with van der Waals surface area (Å²) >= 11 is 0. The van der Waals surface area contributed by atoms with E-state index >= 15 is 0 Å². The zero-order valence-electron chi connectivity index (χ0n) is 22.2. The van der Waals surface area contributed by atoms with Crippen LogP contribution in [0.15, 0.2) is 24.3 Å². The van der Waals surface area contributed by atoms with Crippen molar-refractivity contribution < 1.29 is 0 Å². The maximum absolute atomic E-state index is 2.47. The van der Waals surface area contributed by atoms with Crippen molar-refractivity contribution in [2.75, 3.05) is 0 Å². The van der Waals surface area contributed by atoms with Gasteiger partial charge in [-0.05, 0) is 91.6 Å². The lowest BCUT2D eigenvalue weighted by Crippen LogP contribution is -2.30. The van der Waals surface area contributed by atoms with Crippen LogP contribution in [0.3, 0.4) is 0 Å². The molecular weight excluding hydrogens is 396 g/mol. The van der Waals surface area contributed by atoms with E-state index in [2.05, 4.69) is 38.1 Å². The fourth-order valence-corrected chi connectivity index (χ4v) is 7.85. The van der Waals surface area contributed by atoms with Crippen LogP contribution in [0.1, 0.15) is 146 Å². The van der Waals surface area contributed by atoms with Gasteiger partial charge in [0.15, 0.2) is 0 Å². The van der Waals surface area contributed by atoms with Crippen molar-refractivity contribution in [1.29, 1.82) is 0 Å². The van der Waals surface area contributed by atoms with Crippen molar-refractivity contribution >= 4 is 0 Å². The Labute approximate surface area is 206 Å². The Morgan fingerprint density at radius 1 is 0.576 bits per heavy atom. The third-order valence-electron chi connectivity index (χ3n) is 10.2. The molecule has 3 saturated carbocycles. The molecule has 1 aromatic carbocycles. The highest BCUT2D eigenvalue weighted by atomic mass is 14.4. The number of hydrogen-bond donors (Lipinski definition) is 0. The van der Waals surface area contributed by atoms with Gasteiger partial charge < -0.3 is 0 Å². The molecular formula is C33H54. The summed E-state index contributed by atoms with van der Waals surface area (Å²) in [5, 5.41) is 0. The Hall–Kier alpha value is -0.780. The third kappa shape index (κ3) is 7.60. The van der Waals surface area contributed by atoms with Crippen molar-refractivity contribution in [3.63, 3.8) is 0 Å². The Kier molecular flexibility index (Phi) is 10.2. The number of fused-ring (bicyclic) bond motifs is 1. The minimum atomic E-state index is 0.843. The molecule has 0 heterocycles. The van der Waals surface area contributed by atoms with Gasteiger partial charge in [0.05, 0.1) is 0 Å². The quantitative estimate of drug-likeness (QED) is 0.294. The molecule has 0 saturated heterocycles. The van der Waals surface area contributed by atoms with Crippen molar-refractivity contribution in [2.24, 2.45) is 29.6 Å². The van der Waals surface area contributed by atoms with Gasteiger partial charge in [-0.1, -0.05) is 115 Å². The number of hydrogen-bond acceptors (Lipinski definition) is 0. The molecule has 1 aromatic rings. The van der Waals surface area contributed by atoms with E-state index in [-0.39, 0.29) is 0 Å². The van der Waals surface area contributed by atoms with E-state index in [1.165, 1.54) is 77.0 Å². The van der Waals surface area contributed by atoms with Gasteiger partial charge >= 0.3 is 0 Å². The first kappa shape index (κ1) is 25.3. The Morgan fingerprint density at radius 2 is 1.18 bits per heavy atom. The average molecular weight is 451 g/mol. The summed E-state index contributed by atoms with van der Waals surface area (Å²) in [6.07, 6.45) is 28.1. The molecule has 0 nitrogen and oxygen atoms in total. The second-order valence-electron chi connectivity index (χ2n) is 12.5. The zero-order valence-corrected chi connectivity index (χ0v) is 22.2. The summed E-state index contributed by atoms with van der Waals surface area (Å²) in [7, 11) is 0. The summed E-state index contributed by atoms with van der Waals surface area (Å²) in [5.74, 6) is 6.13. The van der Waals surface area contributed by atoms with Crippen LogP contribution in [0.2, 0.25) is 0 Å².